The van der Waals surface area contributed by atoms with Crippen molar-refractivity contribution >= 4 is 0 Å². The average molecular weight is 201 g/mol. The maximum atomic E-state index is 4.07. The van der Waals surface area contributed by atoms with Crippen LogP contribution in [0.15, 0.2) is 30.9 Å². The van der Waals surface area contributed by atoms with Gasteiger partial charge in [0, 0.05) is 5.92 Å². The van der Waals surface area contributed by atoms with Crippen LogP contribution >= 0.6 is 0 Å². The first kappa shape index (κ1) is 12.0. The Morgan fingerprint density at radius 1 is 1.33 bits per heavy atom. The van der Waals surface area contributed by atoms with E-state index in [2.05, 4.69) is 45.5 Å². The Morgan fingerprint density at radius 2 is 2.07 bits per heavy atom. The van der Waals surface area contributed by atoms with Gasteiger partial charge < -0.3 is 0 Å². The van der Waals surface area contributed by atoms with Gasteiger partial charge in [-0.1, -0.05) is 43.2 Å². The van der Waals surface area contributed by atoms with Gasteiger partial charge in [0.05, 0.1) is 0 Å². The van der Waals surface area contributed by atoms with Crippen LogP contribution in [-0.4, -0.2) is 0 Å². The van der Waals surface area contributed by atoms with Gasteiger partial charge in [0.25, 0.3) is 0 Å². The third-order valence-corrected chi connectivity index (χ3v) is 2.69. The van der Waals surface area contributed by atoms with Crippen molar-refractivity contribution in [1.29, 1.82) is 0 Å². The Hall–Kier alpha value is -1.04. The van der Waals surface area contributed by atoms with E-state index in [1.54, 1.807) is 0 Å². The zero-order valence-corrected chi connectivity index (χ0v) is 9.92. The van der Waals surface area contributed by atoms with E-state index in [1.165, 1.54) is 36.0 Å². The van der Waals surface area contributed by atoms with Gasteiger partial charge in [-0.05, 0) is 37.8 Å². The Morgan fingerprint density at radius 3 is 2.67 bits per heavy atom. The second-order valence-corrected chi connectivity index (χ2v) is 4.20. The normalized spacial score (nSPS) is 12.5. The maximum absolute atomic E-state index is 4.07. The first-order chi connectivity index (χ1) is 7.17. The number of rotatable bonds is 5. The molecular weight excluding hydrogens is 180 g/mol. The Balaban J connectivity index is 2.89. The van der Waals surface area contributed by atoms with Crippen LogP contribution in [0, 0.1) is 13.8 Å². The van der Waals surface area contributed by atoms with Crippen molar-refractivity contribution in [2.24, 2.45) is 0 Å². The molecule has 1 unspecified atom stereocenters. The maximum Gasteiger partial charge on any atom is 0.00158 e. The van der Waals surface area contributed by atoms with Crippen LogP contribution in [0.1, 0.15) is 42.4 Å². The molecule has 1 aromatic rings. The highest BCUT2D eigenvalue weighted by Crippen LogP contribution is 2.20. The second-order valence-electron chi connectivity index (χ2n) is 4.20. The van der Waals surface area contributed by atoms with E-state index in [0.717, 1.165) is 0 Å². The zero-order valence-electron chi connectivity index (χ0n) is 9.92. The summed E-state index contributed by atoms with van der Waals surface area (Å²) in [4.78, 5) is 0. The van der Waals surface area contributed by atoms with Crippen LogP contribution in [0.3, 0.4) is 0 Å². The smallest absolute Gasteiger partial charge is 0.00158 e. The van der Waals surface area contributed by atoms with E-state index < -0.39 is 0 Å². The van der Waals surface area contributed by atoms with Crippen molar-refractivity contribution in [2.75, 3.05) is 0 Å². The fourth-order valence-corrected chi connectivity index (χ4v) is 1.77. The highest BCUT2D eigenvalue weighted by atomic mass is 14.1. The molecule has 0 N–H and O–H groups in total. The number of hydrogen-bond donors (Lipinski definition) is 0. The first-order valence-electron chi connectivity index (χ1n) is 5.73. The van der Waals surface area contributed by atoms with Crippen LogP contribution in [0.5, 0.6) is 0 Å². The van der Waals surface area contributed by atoms with E-state index in [4.69, 9.17) is 0 Å². The molecule has 0 saturated carbocycles. The summed E-state index contributed by atoms with van der Waals surface area (Å²) in [6, 6.07) is 6.74. The van der Waals surface area contributed by atoms with Crippen LogP contribution in [-0.2, 0) is 6.42 Å². The van der Waals surface area contributed by atoms with Crippen molar-refractivity contribution in [3.63, 3.8) is 0 Å². The molecule has 0 spiro atoms. The van der Waals surface area contributed by atoms with Crippen LogP contribution in [0.25, 0.3) is 0 Å². The molecule has 0 amide bonds. The summed E-state index contributed by atoms with van der Waals surface area (Å²) in [5.74, 6) is 0.213. The molecule has 0 nitrogen and oxygen atoms in total. The molecule has 0 heteroatoms. The van der Waals surface area contributed by atoms with Crippen molar-refractivity contribution in [2.45, 2.75) is 39.0 Å². The van der Waals surface area contributed by atoms with E-state index in [9.17, 15) is 0 Å². The summed E-state index contributed by atoms with van der Waals surface area (Å²) >= 11 is 0. The van der Waals surface area contributed by atoms with E-state index in [0.29, 0.717) is 0 Å². The number of unbranched alkanes of at least 4 members (excludes halogenated alkanes) is 1. The highest BCUT2D eigenvalue weighted by molar-refractivity contribution is 5.34. The summed E-state index contributed by atoms with van der Waals surface area (Å²) in [6.45, 7) is 12.2. The molecule has 1 radical (unpaired) electrons. The Labute approximate surface area is 94.0 Å². The van der Waals surface area contributed by atoms with Gasteiger partial charge in [-0.3, -0.25) is 0 Å². The van der Waals surface area contributed by atoms with Gasteiger partial charge in [-0.2, -0.15) is 0 Å². The summed E-state index contributed by atoms with van der Waals surface area (Å²) in [5.41, 5.74) is 4.05. The molecule has 0 fully saturated rings. The SMILES string of the molecule is [CH2]C(C=C)c1cc(C)cc(CCCC)c1. The Kier molecular flexibility index (Phi) is 4.61. The molecule has 1 rings (SSSR count). The average Bonchev–Trinajstić information content (AvgIpc) is 2.24. The fourth-order valence-electron chi connectivity index (χ4n) is 1.77. The van der Waals surface area contributed by atoms with Crippen LogP contribution in [0.2, 0.25) is 0 Å². The largest absolute Gasteiger partial charge is 0.102 e. The molecule has 0 saturated heterocycles. The monoisotopic (exact) mass is 201 g/mol. The minimum absolute atomic E-state index is 0.213. The molecule has 1 aromatic carbocycles. The molecule has 0 aliphatic rings. The molecule has 81 valence electrons. The molecule has 0 aliphatic carbocycles. The number of benzene rings is 1. The van der Waals surface area contributed by atoms with Gasteiger partial charge in [-0.25, -0.2) is 0 Å². The summed E-state index contributed by atoms with van der Waals surface area (Å²) in [6.07, 6.45) is 5.59. The lowest BCUT2D eigenvalue weighted by Gasteiger charge is -2.10. The van der Waals surface area contributed by atoms with Gasteiger partial charge in [0.15, 0.2) is 0 Å². The van der Waals surface area contributed by atoms with Crippen molar-refractivity contribution in [3.8, 4) is 0 Å². The zero-order chi connectivity index (χ0) is 11.3. The van der Waals surface area contributed by atoms with Crippen molar-refractivity contribution in [3.05, 3.63) is 54.5 Å². The van der Waals surface area contributed by atoms with Gasteiger partial charge >= 0.3 is 0 Å². The molecule has 1 atom stereocenters. The second kappa shape index (κ2) is 5.75. The molecule has 0 bridgehead atoms. The number of aryl methyl sites for hydroxylation is 2. The van der Waals surface area contributed by atoms with E-state index >= 15 is 0 Å². The topological polar surface area (TPSA) is 0 Å². The van der Waals surface area contributed by atoms with E-state index in [1.807, 2.05) is 6.08 Å². The summed E-state index contributed by atoms with van der Waals surface area (Å²) < 4.78 is 0. The molecular formula is C15H21. The minimum atomic E-state index is 0.213. The highest BCUT2D eigenvalue weighted by Gasteiger charge is 2.03. The molecule has 0 aromatic heterocycles. The van der Waals surface area contributed by atoms with Gasteiger partial charge in [0.2, 0.25) is 0 Å². The summed E-state index contributed by atoms with van der Waals surface area (Å²) in [5, 5.41) is 0. The first-order valence-corrected chi connectivity index (χ1v) is 5.73. The Bertz CT molecular complexity index is 323. The van der Waals surface area contributed by atoms with Gasteiger partial charge in [-0.15, -0.1) is 6.58 Å². The summed E-state index contributed by atoms with van der Waals surface area (Å²) in [7, 11) is 0. The standard InChI is InChI=1S/C15H21/c1-5-7-8-14-9-12(3)10-15(11-14)13(4)6-2/h6,9-11,13H,2,4-5,7-8H2,1,3H3. The predicted octanol–water partition coefficient (Wildman–Crippen LogP) is 4.44. The van der Waals surface area contributed by atoms with Gasteiger partial charge in [0.1, 0.15) is 0 Å². The predicted molar refractivity (Wildman–Crippen MR) is 68.1 cm³/mol. The van der Waals surface area contributed by atoms with Crippen LogP contribution < -0.4 is 0 Å². The molecule has 15 heavy (non-hydrogen) atoms. The third kappa shape index (κ3) is 3.54. The number of hydrogen-bond acceptors (Lipinski definition) is 0. The van der Waals surface area contributed by atoms with E-state index in [-0.39, 0.29) is 5.92 Å². The van der Waals surface area contributed by atoms with Crippen molar-refractivity contribution in [1.82, 2.24) is 0 Å². The molecule has 0 heterocycles. The quantitative estimate of drug-likeness (QED) is 0.618. The fraction of sp³-hybridized carbons (Fsp3) is 0.400. The lowest BCUT2D eigenvalue weighted by molar-refractivity contribution is 0.793. The number of allylic oxidation sites excluding steroid dienone is 1. The minimum Gasteiger partial charge on any atom is -0.102 e. The van der Waals surface area contributed by atoms with Crippen LogP contribution in [0.4, 0.5) is 0 Å². The van der Waals surface area contributed by atoms with Crippen molar-refractivity contribution < 1.29 is 0 Å². The third-order valence-electron chi connectivity index (χ3n) is 2.69. The lowest BCUT2D eigenvalue weighted by atomic mass is 9.95. The molecule has 0 aliphatic heterocycles. The lowest BCUT2D eigenvalue weighted by Crippen LogP contribution is -1.94.